The lowest BCUT2D eigenvalue weighted by molar-refractivity contribution is 0.406. The Kier molecular flexibility index (Phi) is 4.60. The molecule has 0 amide bonds. The van der Waals surface area contributed by atoms with Crippen LogP contribution in [0.15, 0.2) is 0 Å². The molecule has 1 N–H and O–H groups in total. The normalized spacial score (nSPS) is 20.5. The Balaban J connectivity index is 2.04. The SMILES string of the molecule is CC(C)(C)CSCC1CCNCC1. The van der Waals surface area contributed by atoms with Gasteiger partial charge in [-0.1, -0.05) is 20.8 Å². The van der Waals surface area contributed by atoms with Crippen LogP contribution in [0, 0.1) is 11.3 Å². The van der Waals surface area contributed by atoms with Crippen molar-refractivity contribution >= 4 is 11.8 Å². The Hall–Kier alpha value is 0.310. The predicted molar refractivity (Wildman–Crippen MR) is 62.4 cm³/mol. The number of thioether (sulfide) groups is 1. The molecule has 0 aromatic carbocycles. The van der Waals surface area contributed by atoms with Crippen LogP contribution in [0.25, 0.3) is 0 Å². The van der Waals surface area contributed by atoms with E-state index in [1.807, 2.05) is 0 Å². The Labute approximate surface area is 87.1 Å². The molecule has 0 radical (unpaired) electrons. The maximum absolute atomic E-state index is 3.41. The van der Waals surface area contributed by atoms with Crippen molar-refractivity contribution in [3.8, 4) is 0 Å². The van der Waals surface area contributed by atoms with Gasteiger partial charge in [0.2, 0.25) is 0 Å². The summed E-state index contributed by atoms with van der Waals surface area (Å²) in [5, 5.41) is 3.41. The van der Waals surface area contributed by atoms with Crippen LogP contribution in [-0.2, 0) is 0 Å². The van der Waals surface area contributed by atoms with Crippen LogP contribution in [0.4, 0.5) is 0 Å². The van der Waals surface area contributed by atoms with Crippen molar-refractivity contribution in [2.24, 2.45) is 11.3 Å². The zero-order valence-corrected chi connectivity index (χ0v) is 10.0. The molecule has 0 unspecified atom stereocenters. The van der Waals surface area contributed by atoms with Crippen molar-refractivity contribution in [2.75, 3.05) is 24.6 Å². The second-order valence-corrected chi connectivity index (χ2v) is 6.30. The van der Waals surface area contributed by atoms with Gasteiger partial charge in [0, 0.05) is 0 Å². The van der Waals surface area contributed by atoms with E-state index in [0.29, 0.717) is 5.41 Å². The molecule has 1 fully saturated rings. The molecule has 0 aromatic heterocycles. The number of nitrogens with one attached hydrogen (secondary N) is 1. The molecule has 1 aliphatic heterocycles. The first-order valence-electron chi connectivity index (χ1n) is 5.36. The fraction of sp³-hybridized carbons (Fsp3) is 1.00. The van der Waals surface area contributed by atoms with Crippen LogP contribution < -0.4 is 5.32 Å². The quantitative estimate of drug-likeness (QED) is 0.753. The summed E-state index contributed by atoms with van der Waals surface area (Å²) in [6.45, 7) is 9.44. The third kappa shape index (κ3) is 5.58. The molecule has 0 bridgehead atoms. The molecule has 0 spiro atoms. The number of hydrogen-bond donors (Lipinski definition) is 1. The highest BCUT2D eigenvalue weighted by Gasteiger charge is 2.15. The lowest BCUT2D eigenvalue weighted by Gasteiger charge is -2.24. The summed E-state index contributed by atoms with van der Waals surface area (Å²) >= 11 is 2.14. The minimum atomic E-state index is 0.498. The summed E-state index contributed by atoms with van der Waals surface area (Å²) in [5.74, 6) is 3.66. The van der Waals surface area contributed by atoms with Crippen molar-refractivity contribution in [3.05, 3.63) is 0 Å². The Morgan fingerprint density at radius 2 is 1.85 bits per heavy atom. The van der Waals surface area contributed by atoms with Crippen LogP contribution in [0.2, 0.25) is 0 Å². The van der Waals surface area contributed by atoms with Crippen molar-refractivity contribution in [1.82, 2.24) is 5.32 Å². The van der Waals surface area contributed by atoms with Gasteiger partial charge in [0.05, 0.1) is 0 Å². The maximum Gasteiger partial charge on any atom is -0.00186 e. The van der Waals surface area contributed by atoms with Crippen LogP contribution in [-0.4, -0.2) is 24.6 Å². The highest BCUT2D eigenvalue weighted by molar-refractivity contribution is 7.99. The van der Waals surface area contributed by atoms with E-state index in [-0.39, 0.29) is 0 Å². The summed E-state index contributed by atoms with van der Waals surface area (Å²) < 4.78 is 0. The third-order valence-corrected chi connectivity index (χ3v) is 4.12. The molecule has 78 valence electrons. The minimum Gasteiger partial charge on any atom is -0.317 e. The van der Waals surface area contributed by atoms with E-state index in [2.05, 4.69) is 37.8 Å². The van der Waals surface area contributed by atoms with Gasteiger partial charge in [-0.2, -0.15) is 11.8 Å². The summed E-state index contributed by atoms with van der Waals surface area (Å²) in [4.78, 5) is 0. The maximum atomic E-state index is 3.41. The molecule has 0 aliphatic carbocycles. The molecule has 1 aliphatic rings. The van der Waals surface area contributed by atoms with E-state index in [1.54, 1.807) is 0 Å². The number of hydrogen-bond acceptors (Lipinski definition) is 2. The topological polar surface area (TPSA) is 12.0 Å². The summed E-state index contributed by atoms with van der Waals surface area (Å²) in [6.07, 6.45) is 2.77. The monoisotopic (exact) mass is 201 g/mol. The van der Waals surface area contributed by atoms with Gasteiger partial charge in [-0.3, -0.25) is 0 Å². The lowest BCUT2D eigenvalue weighted by atomic mass is 10.0. The highest BCUT2D eigenvalue weighted by atomic mass is 32.2. The van der Waals surface area contributed by atoms with Crippen LogP contribution >= 0.6 is 11.8 Å². The van der Waals surface area contributed by atoms with Gasteiger partial charge in [-0.25, -0.2) is 0 Å². The molecule has 1 rings (SSSR count). The van der Waals surface area contributed by atoms with Crippen molar-refractivity contribution in [2.45, 2.75) is 33.6 Å². The molecule has 1 heterocycles. The Bertz CT molecular complexity index is 134. The summed E-state index contributed by atoms with van der Waals surface area (Å²) in [5.41, 5.74) is 0.498. The van der Waals surface area contributed by atoms with E-state index >= 15 is 0 Å². The standard InChI is InChI=1S/C11H23NS/c1-11(2,3)9-13-8-10-4-6-12-7-5-10/h10,12H,4-9H2,1-3H3. The average molecular weight is 201 g/mol. The number of piperidine rings is 1. The Morgan fingerprint density at radius 3 is 2.38 bits per heavy atom. The first kappa shape index (κ1) is 11.4. The van der Waals surface area contributed by atoms with E-state index in [0.717, 1.165) is 5.92 Å². The van der Waals surface area contributed by atoms with Gasteiger partial charge in [-0.05, 0) is 48.8 Å². The van der Waals surface area contributed by atoms with E-state index in [1.165, 1.54) is 37.4 Å². The van der Waals surface area contributed by atoms with E-state index in [9.17, 15) is 0 Å². The molecule has 0 aromatic rings. The molecule has 1 saturated heterocycles. The van der Waals surface area contributed by atoms with E-state index < -0.39 is 0 Å². The molecular formula is C11H23NS. The van der Waals surface area contributed by atoms with Crippen molar-refractivity contribution in [3.63, 3.8) is 0 Å². The van der Waals surface area contributed by atoms with Gasteiger partial charge < -0.3 is 5.32 Å². The lowest BCUT2D eigenvalue weighted by Crippen LogP contribution is -2.29. The summed E-state index contributed by atoms with van der Waals surface area (Å²) in [7, 11) is 0. The van der Waals surface area contributed by atoms with Crippen molar-refractivity contribution in [1.29, 1.82) is 0 Å². The molecular weight excluding hydrogens is 178 g/mol. The molecule has 0 atom stereocenters. The molecule has 2 heteroatoms. The van der Waals surface area contributed by atoms with Crippen LogP contribution in [0.1, 0.15) is 33.6 Å². The second kappa shape index (κ2) is 5.26. The van der Waals surface area contributed by atoms with E-state index in [4.69, 9.17) is 0 Å². The molecule has 1 nitrogen and oxygen atoms in total. The zero-order valence-electron chi connectivity index (χ0n) is 9.23. The average Bonchev–Trinajstić information content (AvgIpc) is 2.04. The van der Waals surface area contributed by atoms with Gasteiger partial charge in [-0.15, -0.1) is 0 Å². The fourth-order valence-corrected chi connectivity index (χ4v) is 2.98. The smallest absolute Gasteiger partial charge is 0.00186 e. The Morgan fingerprint density at radius 1 is 1.23 bits per heavy atom. The molecule has 13 heavy (non-hydrogen) atoms. The fourth-order valence-electron chi connectivity index (χ4n) is 1.58. The largest absolute Gasteiger partial charge is 0.317 e. The highest BCUT2D eigenvalue weighted by Crippen LogP contribution is 2.24. The first-order valence-corrected chi connectivity index (χ1v) is 6.52. The zero-order chi connectivity index (χ0) is 9.73. The second-order valence-electron chi connectivity index (χ2n) is 5.27. The van der Waals surface area contributed by atoms with Gasteiger partial charge >= 0.3 is 0 Å². The third-order valence-electron chi connectivity index (χ3n) is 2.35. The summed E-state index contributed by atoms with van der Waals surface area (Å²) in [6, 6.07) is 0. The van der Waals surface area contributed by atoms with Crippen LogP contribution in [0.5, 0.6) is 0 Å². The predicted octanol–water partition coefficient (Wildman–Crippen LogP) is 2.77. The van der Waals surface area contributed by atoms with Gasteiger partial charge in [0.15, 0.2) is 0 Å². The minimum absolute atomic E-state index is 0.498. The number of rotatable bonds is 3. The van der Waals surface area contributed by atoms with Gasteiger partial charge in [0.25, 0.3) is 0 Å². The molecule has 0 saturated carbocycles. The van der Waals surface area contributed by atoms with Crippen molar-refractivity contribution < 1.29 is 0 Å². The van der Waals surface area contributed by atoms with Crippen LogP contribution in [0.3, 0.4) is 0 Å². The van der Waals surface area contributed by atoms with Gasteiger partial charge in [0.1, 0.15) is 0 Å². The first-order chi connectivity index (χ1) is 6.08.